The Balaban J connectivity index is 2.07. The van der Waals surface area contributed by atoms with Crippen LogP contribution in [0.5, 0.6) is 0 Å². The van der Waals surface area contributed by atoms with Crippen molar-refractivity contribution >= 4 is 17.4 Å². The number of aryl methyl sites for hydroxylation is 2. The van der Waals surface area contributed by atoms with Crippen molar-refractivity contribution in [1.82, 2.24) is 15.1 Å². The molecule has 1 aliphatic heterocycles. The highest BCUT2D eigenvalue weighted by atomic mass is 35.5. The second-order valence-corrected chi connectivity index (χ2v) is 4.98. The number of nitrogens with zero attached hydrogens (tertiary/aromatic N) is 2. The van der Waals surface area contributed by atoms with Gasteiger partial charge in [-0.05, 0) is 26.3 Å². The van der Waals surface area contributed by atoms with Crippen LogP contribution in [0.3, 0.4) is 0 Å². The van der Waals surface area contributed by atoms with Gasteiger partial charge < -0.3 is 5.32 Å². The predicted molar refractivity (Wildman–Crippen MR) is 67.3 cm³/mol. The minimum Gasteiger partial charge on any atom is -0.307 e. The quantitative estimate of drug-likeness (QED) is 0.893. The third-order valence-electron chi connectivity index (χ3n) is 3.32. The van der Waals surface area contributed by atoms with E-state index in [9.17, 15) is 4.79 Å². The molecule has 5 heteroatoms. The van der Waals surface area contributed by atoms with Crippen LogP contribution in [-0.2, 0) is 18.3 Å². The summed E-state index contributed by atoms with van der Waals surface area (Å²) in [6, 6.07) is -0.000534. The zero-order valence-corrected chi connectivity index (χ0v) is 11.0. The van der Waals surface area contributed by atoms with Crippen molar-refractivity contribution in [2.75, 3.05) is 6.54 Å². The summed E-state index contributed by atoms with van der Waals surface area (Å²) in [6.07, 6.45) is 3.62. The van der Waals surface area contributed by atoms with Gasteiger partial charge in [0.05, 0.1) is 11.7 Å². The Bertz CT molecular complexity index is 422. The van der Waals surface area contributed by atoms with E-state index < -0.39 is 0 Å². The highest BCUT2D eigenvalue weighted by Gasteiger charge is 2.23. The first-order valence-electron chi connectivity index (χ1n) is 6.03. The van der Waals surface area contributed by atoms with Gasteiger partial charge in [-0.15, -0.1) is 0 Å². The summed E-state index contributed by atoms with van der Waals surface area (Å²) in [6.45, 7) is 2.83. The molecule has 17 heavy (non-hydrogen) atoms. The topological polar surface area (TPSA) is 46.9 Å². The molecule has 0 bridgehead atoms. The van der Waals surface area contributed by atoms with Crippen LogP contribution >= 0.6 is 11.6 Å². The van der Waals surface area contributed by atoms with E-state index in [1.165, 1.54) is 0 Å². The molecule has 1 atom stereocenters. The first-order valence-corrected chi connectivity index (χ1v) is 6.41. The van der Waals surface area contributed by atoms with Gasteiger partial charge in [0, 0.05) is 19.0 Å². The minimum absolute atomic E-state index is 0.000534. The van der Waals surface area contributed by atoms with Crippen LogP contribution in [-0.4, -0.2) is 28.2 Å². The lowest BCUT2D eigenvalue weighted by atomic mass is 9.97. The van der Waals surface area contributed by atoms with Gasteiger partial charge in [-0.2, -0.15) is 5.10 Å². The number of hydrogen-bond acceptors (Lipinski definition) is 3. The third-order valence-corrected chi connectivity index (χ3v) is 3.79. The molecule has 4 nitrogen and oxygen atoms in total. The van der Waals surface area contributed by atoms with Gasteiger partial charge in [0.25, 0.3) is 0 Å². The molecule has 0 aromatic carbocycles. The number of rotatable bonds is 3. The first-order chi connectivity index (χ1) is 8.09. The number of ketones is 1. The summed E-state index contributed by atoms with van der Waals surface area (Å²) in [4.78, 5) is 12.1. The average molecular weight is 256 g/mol. The highest BCUT2D eigenvalue weighted by molar-refractivity contribution is 6.30. The molecule has 0 aliphatic carbocycles. The largest absolute Gasteiger partial charge is 0.307 e. The van der Waals surface area contributed by atoms with E-state index >= 15 is 0 Å². The van der Waals surface area contributed by atoms with Crippen LogP contribution in [0, 0.1) is 6.92 Å². The fourth-order valence-corrected chi connectivity index (χ4v) is 2.54. The number of hydrogen-bond donors (Lipinski definition) is 1. The smallest absolute Gasteiger partial charge is 0.154 e. The van der Waals surface area contributed by atoms with Gasteiger partial charge in [0.15, 0.2) is 5.78 Å². The molecule has 94 valence electrons. The van der Waals surface area contributed by atoms with Crippen molar-refractivity contribution in [3.63, 3.8) is 0 Å². The van der Waals surface area contributed by atoms with Gasteiger partial charge in [0.2, 0.25) is 0 Å². The molecule has 2 heterocycles. The maximum atomic E-state index is 12.1. The Morgan fingerprint density at radius 1 is 1.59 bits per heavy atom. The molecule has 1 N–H and O–H groups in total. The van der Waals surface area contributed by atoms with Crippen molar-refractivity contribution in [3.8, 4) is 0 Å². The van der Waals surface area contributed by atoms with Gasteiger partial charge in [-0.1, -0.05) is 18.0 Å². The Kier molecular flexibility index (Phi) is 3.84. The van der Waals surface area contributed by atoms with Crippen molar-refractivity contribution in [2.45, 2.75) is 38.6 Å². The Morgan fingerprint density at radius 3 is 2.88 bits per heavy atom. The lowest BCUT2D eigenvalue weighted by Crippen LogP contribution is -2.41. The number of nitrogens with one attached hydrogen (secondary N) is 1. The Hall–Kier alpha value is -0.870. The van der Waals surface area contributed by atoms with E-state index in [4.69, 9.17) is 11.6 Å². The SMILES string of the molecule is Cc1nn(C)c(Cl)c1CC(=O)C1CCCCN1. The molecule has 1 aromatic heterocycles. The summed E-state index contributed by atoms with van der Waals surface area (Å²) >= 11 is 6.12. The van der Waals surface area contributed by atoms with E-state index in [-0.39, 0.29) is 11.8 Å². The molecule has 1 aliphatic rings. The molecule has 1 fully saturated rings. The first kappa shape index (κ1) is 12.6. The van der Waals surface area contributed by atoms with Gasteiger partial charge >= 0.3 is 0 Å². The number of halogens is 1. The van der Waals surface area contributed by atoms with Crippen LogP contribution < -0.4 is 5.32 Å². The molecule has 0 amide bonds. The van der Waals surface area contributed by atoms with Crippen LogP contribution in [0.15, 0.2) is 0 Å². The lowest BCUT2D eigenvalue weighted by Gasteiger charge is -2.22. The van der Waals surface area contributed by atoms with E-state index in [0.717, 1.165) is 37.1 Å². The molecule has 1 aromatic rings. The number of carbonyl (C=O) groups is 1. The maximum Gasteiger partial charge on any atom is 0.154 e. The second-order valence-electron chi connectivity index (χ2n) is 4.62. The fraction of sp³-hybridized carbons (Fsp3) is 0.667. The predicted octanol–water partition coefficient (Wildman–Crippen LogP) is 1.64. The fourth-order valence-electron chi connectivity index (χ4n) is 2.30. The van der Waals surface area contributed by atoms with Crippen molar-refractivity contribution in [2.24, 2.45) is 7.05 Å². The molecule has 0 spiro atoms. The molecule has 1 saturated heterocycles. The number of piperidine rings is 1. The highest BCUT2D eigenvalue weighted by Crippen LogP contribution is 2.20. The molecule has 1 unspecified atom stereocenters. The van der Waals surface area contributed by atoms with Crippen LogP contribution in [0.2, 0.25) is 5.15 Å². The van der Waals surface area contributed by atoms with E-state index in [1.807, 2.05) is 6.92 Å². The van der Waals surface area contributed by atoms with Crippen LogP contribution in [0.25, 0.3) is 0 Å². The normalized spacial score (nSPS) is 20.5. The maximum absolute atomic E-state index is 12.1. The molecule has 2 rings (SSSR count). The monoisotopic (exact) mass is 255 g/mol. The third kappa shape index (κ3) is 2.69. The number of carbonyl (C=O) groups excluding carboxylic acids is 1. The Morgan fingerprint density at radius 2 is 2.35 bits per heavy atom. The zero-order valence-electron chi connectivity index (χ0n) is 10.3. The van der Waals surface area contributed by atoms with Crippen molar-refractivity contribution in [3.05, 3.63) is 16.4 Å². The van der Waals surface area contributed by atoms with Gasteiger partial charge in [-0.3, -0.25) is 9.48 Å². The second kappa shape index (κ2) is 5.19. The zero-order chi connectivity index (χ0) is 12.4. The molecular weight excluding hydrogens is 238 g/mol. The van der Waals surface area contributed by atoms with Crippen molar-refractivity contribution < 1.29 is 4.79 Å². The van der Waals surface area contributed by atoms with Crippen molar-refractivity contribution in [1.29, 1.82) is 0 Å². The summed E-state index contributed by atoms with van der Waals surface area (Å²) < 4.78 is 1.62. The van der Waals surface area contributed by atoms with E-state index in [2.05, 4.69) is 10.4 Å². The standard InChI is InChI=1S/C12H18ClN3O/c1-8-9(12(13)16(2)15-8)7-11(17)10-5-3-4-6-14-10/h10,14H,3-7H2,1-2H3. The van der Waals surface area contributed by atoms with Crippen LogP contribution in [0.4, 0.5) is 0 Å². The van der Waals surface area contributed by atoms with Gasteiger partial charge in [-0.25, -0.2) is 0 Å². The van der Waals surface area contributed by atoms with Crippen LogP contribution in [0.1, 0.15) is 30.5 Å². The summed E-state index contributed by atoms with van der Waals surface area (Å²) in [5.74, 6) is 0.225. The lowest BCUT2D eigenvalue weighted by molar-refractivity contribution is -0.120. The summed E-state index contributed by atoms with van der Waals surface area (Å²) in [7, 11) is 1.79. The Labute approximate surface area is 106 Å². The molecular formula is C12H18ClN3O. The number of aromatic nitrogens is 2. The average Bonchev–Trinajstić information content (AvgIpc) is 2.57. The van der Waals surface area contributed by atoms with E-state index in [0.29, 0.717) is 11.6 Å². The number of Topliss-reactive ketones (excluding diaryl/α,β-unsaturated/α-hetero) is 1. The summed E-state index contributed by atoms with van der Waals surface area (Å²) in [5, 5.41) is 8.06. The van der Waals surface area contributed by atoms with E-state index in [1.54, 1.807) is 11.7 Å². The summed E-state index contributed by atoms with van der Waals surface area (Å²) in [5.41, 5.74) is 1.72. The minimum atomic E-state index is -0.000534. The molecule has 0 radical (unpaired) electrons. The van der Waals surface area contributed by atoms with Gasteiger partial charge in [0.1, 0.15) is 5.15 Å². The molecule has 0 saturated carbocycles.